The fourth-order valence-corrected chi connectivity index (χ4v) is 3.20. The number of carbonyl (C=O) groups excluding carboxylic acids is 1. The van der Waals surface area contributed by atoms with Crippen LogP contribution in [0.15, 0.2) is 33.2 Å². The van der Waals surface area contributed by atoms with Crippen LogP contribution in [0.3, 0.4) is 0 Å². The highest BCUT2D eigenvalue weighted by molar-refractivity contribution is 9.10. The Balaban J connectivity index is 1.60. The maximum atomic E-state index is 11.5. The maximum absolute atomic E-state index is 11.5. The maximum Gasteiger partial charge on any atom is 0.308 e. The second-order valence-electron chi connectivity index (χ2n) is 5.55. The van der Waals surface area contributed by atoms with Gasteiger partial charge in [0, 0.05) is 4.47 Å². The Hall–Kier alpha value is -1.73. The summed E-state index contributed by atoms with van der Waals surface area (Å²) in [5, 5.41) is 8.25. The number of likely N-dealkylation sites (tertiary alicyclic amines) is 1. The lowest BCUT2D eigenvalue weighted by atomic mass is 9.97. The van der Waals surface area contributed by atoms with Crippen LogP contribution in [0.1, 0.15) is 18.7 Å². The normalized spacial score (nSPS) is 16.4. The standard InChI is InChI=1S/C16H18BrN3O3/c1-22-16(21)11-6-8-20(9-7-11)10-14-18-19-15(23-14)12-4-2-3-5-13(12)17/h2-5,11H,6-10H2,1H3. The summed E-state index contributed by atoms with van der Waals surface area (Å²) >= 11 is 3.49. The van der Waals surface area contributed by atoms with Crippen molar-refractivity contribution < 1.29 is 13.9 Å². The van der Waals surface area contributed by atoms with Gasteiger partial charge in [0.1, 0.15) is 0 Å². The third-order valence-electron chi connectivity index (χ3n) is 4.05. The van der Waals surface area contributed by atoms with Crippen LogP contribution in [-0.4, -0.2) is 41.3 Å². The zero-order valence-corrected chi connectivity index (χ0v) is 14.5. The third-order valence-corrected chi connectivity index (χ3v) is 4.74. The molecule has 1 aliphatic rings. The summed E-state index contributed by atoms with van der Waals surface area (Å²) in [5.74, 6) is 0.998. The van der Waals surface area contributed by atoms with Crippen LogP contribution < -0.4 is 0 Å². The van der Waals surface area contributed by atoms with E-state index in [0.29, 0.717) is 18.3 Å². The number of rotatable bonds is 4. The number of benzene rings is 1. The summed E-state index contributed by atoms with van der Waals surface area (Å²) < 4.78 is 11.5. The lowest BCUT2D eigenvalue weighted by Crippen LogP contribution is -2.36. The van der Waals surface area contributed by atoms with Crippen molar-refractivity contribution in [1.82, 2.24) is 15.1 Å². The average molecular weight is 380 g/mol. The van der Waals surface area contributed by atoms with Crippen LogP contribution in [0.2, 0.25) is 0 Å². The minimum Gasteiger partial charge on any atom is -0.469 e. The fraction of sp³-hybridized carbons (Fsp3) is 0.438. The van der Waals surface area contributed by atoms with Gasteiger partial charge < -0.3 is 9.15 Å². The molecule has 1 aromatic carbocycles. The molecule has 2 heterocycles. The molecular formula is C16H18BrN3O3. The smallest absolute Gasteiger partial charge is 0.308 e. The van der Waals surface area contributed by atoms with E-state index >= 15 is 0 Å². The predicted octanol–water partition coefficient (Wildman–Crippen LogP) is 2.88. The second kappa shape index (κ2) is 7.23. The van der Waals surface area contributed by atoms with E-state index in [9.17, 15) is 4.79 Å². The summed E-state index contributed by atoms with van der Waals surface area (Å²) in [6.07, 6.45) is 1.61. The second-order valence-corrected chi connectivity index (χ2v) is 6.41. The van der Waals surface area contributed by atoms with Gasteiger partial charge in [-0.1, -0.05) is 12.1 Å². The van der Waals surface area contributed by atoms with Crippen molar-refractivity contribution in [2.45, 2.75) is 19.4 Å². The molecule has 2 aromatic rings. The first kappa shape index (κ1) is 16.1. The number of nitrogens with zero attached hydrogens (tertiary/aromatic N) is 3. The zero-order chi connectivity index (χ0) is 16.2. The SMILES string of the molecule is COC(=O)C1CCN(Cc2nnc(-c3ccccc3Br)o2)CC1. The minimum atomic E-state index is -0.112. The highest BCUT2D eigenvalue weighted by atomic mass is 79.9. The Labute approximate surface area is 143 Å². The van der Waals surface area contributed by atoms with E-state index in [1.54, 1.807) is 0 Å². The first-order chi connectivity index (χ1) is 11.2. The van der Waals surface area contributed by atoms with Crippen LogP contribution in [0.4, 0.5) is 0 Å². The summed E-state index contributed by atoms with van der Waals surface area (Å²) in [5.41, 5.74) is 0.885. The van der Waals surface area contributed by atoms with Gasteiger partial charge in [-0.3, -0.25) is 9.69 Å². The topological polar surface area (TPSA) is 68.5 Å². The molecule has 1 fully saturated rings. The van der Waals surface area contributed by atoms with Crippen LogP contribution >= 0.6 is 15.9 Å². The number of methoxy groups -OCH3 is 1. The van der Waals surface area contributed by atoms with E-state index in [4.69, 9.17) is 9.15 Å². The van der Waals surface area contributed by atoms with Gasteiger partial charge in [-0.25, -0.2) is 0 Å². The van der Waals surface area contributed by atoms with Crippen molar-refractivity contribution in [2.75, 3.05) is 20.2 Å². The Morgan fingerprint density at radius 1 is 1.35 bits per heavy atom. The number of halogens is 1. The van der Waals surface area contributed by atoms with E-state index in [1.165, 1.54) is 7.11 Å². The van der Waals surface area contributed by atoms with Gasteiger partial charge in [0.15, 0.2) is 0 Å². The van der Waals surface area contributed by atoms with Crippen molar-refractivity contribution in [3.63, 3.8) is 0 Å². The van der Waals surface area contributed by atoms with Crippen molar-refractivity contribution in [3.05, 3.63) is 34.6 Å². The molecule has 1 saturated heterocycles. The summed E-state index contributed by atoms with van der Waals surface area (Å²) in [4.78, 5) is 13.8. The molecule has 0 saturated carbocycles. The molecule has 0 radical (unpaired) electrons. The molecule has 7 heteroatoms. The van der Waals surface area contributed by atoms with Gasteiger partial charge in [0.2, 0.25) is 11.8 Å². The van der Waals surface area contributed by atoms with Gasteiger partial charge in [-0.15, -0.1) is 10.2 Å². The number of aromatic nitrogens is 2. The molecule has 122 valence electrons. The van der Waals surface area contributed by atoms with Crippen LogP contribution in [0, 0.1) is 5.92 Å². The molecule has 0 atom stereocenters. The van der Waals surface area contributed by atoms with Crippen molar-refractivity contribution in [1.29, 1.82) is 0 Å². The molecule has 0 amide bonds. The van der Waals surface area contributed by atoms with Crippen LogP contribution in [0.25, 0.3) is 11.5 Å². The van der Waals surface area contributed by atoms with Crippen LogP contribution in [-0.2, 0) is 16.1 Å². The molecule has 0 bridgehead atoms. The van der Waals surface area contributed by atoms with Gasteiger partial charge in [0.25, 0.3) is 0 Å². The predicted molar refractivity (Wildman–Crippen MR) is 87.5 cm³/mol. The fourth-order valence-electron chi connectivity index (χ4n) is 2.75. The van der Waals surface area contributed by atoms with E-state index in [-0.39, 0.29) is 11.9 Å². The molecule has 23 heavy (non-hydrogen) atoms. The van der Waals surface area contributed by atoms with Gasteiger partial charge in [-0.05, 0) is 54.0 Å². The Morgan fingerprint density at radius 2 is 2.09 bits per heavy atom. The first-order valence-electron chi connectivity index (χ1n) is 7.55. The highest BCUT2D eigenvalue weighted by Gasteiger charge is 2.26. The molecule has 0 spiro atoms. The lowest BCUT2D eigenvalue weighted by molar-refractivity contribution is -0.147. The first-order valence-corrected chi connectivity index (χ1v) is 8.34. The largest absolute Gasteiger partial charge is 0.469 e. The molecule has 0 N–H and O–H groups in total. The third kappa shape index (κ3) is 3.79. The van der Waals surface area contributed by atoms with Gasteiger partial charge in [0.05, 0.1) is 25.1 Å². The molecule has 0 aliphatic carbocycles. The quantitative estimate of drug-likeness (QED) is 0.760. The Kier molecular flexibility index (Phi) is 5.07. The summed E-state index contributed by atoms with van der Waals surface area (Å²) in [6.45, 7) is 2.25. The van der Waals surface area contributed by atoms with E-state index in [2.05, 4.69) is 31.0 Å². The molecule has 1 aromatic heterocycles. The number of hydrogen-bond donors (Lipinski definition) is 0. The minimum absolute atomic E-state index is 0.00905. The molecule has 0 unspecified atom stereocenters. The van der Waals surface area contributed by atoms with Crippen molar-refractivity contribution in [2.24, 2.45) is 5.92 Å². The lowest BCUT2D eigenvalue weighted by Gasteiger charge is -2.29. The summed E-state index contributed by atoms with van der Waals surface area (Å²) in [7, 11) is 1.44. The molecule has 3 rings (SSSR count). The van der Waals surface area contributed by atoms with Crippen molar-refractivity contribution in [3.8, 4) is 11.5 Å². The summed E-state index contributed by atoms with van der Waals surface area (Å²) in [6, 6.07) is 7.75. The zero-order valence-electron chi connectivity index (χ0n) is 12.9. The van der Waals surface area contributed by atoms with E-state index in [0.717, 1.165) is 36.0 Å². The monoisotopic (exact) mass is 379 g/mol. The molecule has 1 aliphatic heterocycles. The Bertz CT molecular complexity index is 681. The Morgan fingerprint density at radius 3 is 2.78 bits per heavy atom. The number of carbonyl (C=O) groups is 1. The average Bonchev–Trinajstić information content (AvgIpc) is 3.03. The molecular weight excluding hydrogens is 362 g/mol. The van der Waals surface area contributed by atoms with Crippen molar-refractivity contribution >= 4 is 21.9 Å². The molecule has 6 nitrogen and oxygen atoms in total. The van der Waals surface area contributed by atoms with Gasteiger partial charge >= 0.3 is 5.97 Å². The van der Waals surface area contributed by atoms with Gasteiger partial charge in [-0.2, -0.15) is 0 Å². The number of piperidine rings is 1. The van der Waals surface area contributed by atoms with E-state index in [1.807, 2.05) is 24.3 Å². The number of hydrogen-bond acceptors (Lipinski definition) is 6. The number of ether oxygens (including phenoxy) is 1. The highest BCUT2D eigenvalue weighted by Crippen LogP contribution is 2.27. The van der Waals surface area contributed by atoms with Crippen LogP contribution in [0.5, 0.6) is 0 Å². The van der Waals surface area contributed by atoms with E-state index < -0.39 is 0 Å². The number of esters is 1.